The highest BCUT2D eigenvalue weighted by atomic mass is 16.5. The molecule has 1 atom stereocenters. The number of nitrogens with one attached hydrogen (secondary N) is 2. The molecule has 0 radical (unpaired) electrons. The van der Waals surface area contributed by atoms with E-state index in [4.69, 9.17) is 15.2 Å². The Morgan fingerprint density at radius 2 is 1.74 bits per heavy atom. The van der Waals surface area contributed by atoms with Gasteiger partial charge in [0.15, 0.2) is 0 Å². The van der Waals surface area contributed by atoms with E-state index in [0.29, 0.717) is 26.4 Å². The first kappa shape index (κ1) is 22.5. The predicted octanol–water partition coefficient (Wildman–Crippen LogP) is -2.77. The number of aliphatic hydroxyl groups excluding tert-OH is 1. The van der Waals surface area contributed by atoms with Crippen LogP contribution in [0.4, 0.5) is 0 Å². The molecule has 1 aliphatic heterocycles. The van der Waals surface area contributed by atoms with Gasteiger partial charge in [-0.15, -0.1) is 0 Å². The largest absolute Gasteiger partial charge is 0.379 e. The molecule has 5 N–H and O–H groups in total. The van der Waals surface area contributed by atoms with Gasteiger partial charge in [-0.25, -0.2) is 0 Å². The van der Waals surface area contributed by atoms with Crippen molar-refractivity contribution in [3.63, 3.8) is 0 Å². The normalized spacial score (nSPS) is 15.8. The van der Waals surface area contributed by atoms with E-state index in [1.165, 1.54) is 17.1 Å². The molecule has 0 spiro atoms. The van der Waals surface area contributed by atoms with Gasteiger partial charge >= 0.3 is 0 Å². The number of carbonyl (C=O) groups excluding carboxylic acids is 4. The van der Waals surface area contributed by atoms with Crippen molar-refractivity contribution in [2.24, 2.45) is 5.73 Å². The Labute approximate surface area is 156 Å². The fourth-order valence-corrected chi connectivity index (χ4v) is 2.07. The smallest absolute Gasteiger partial charge is 0.248 e. The van der Waals surface area contributed by atoms with Crippen molar-refractivity contribution >= 4 is 23.6 Å². The maximum atomic E-state index is 11.6. The molecule has 0 aromatic heterocycles. The van der Waals surface area contributed by atoms with Crippen LogP contribution in [0.25, 0.3) is 0 Å². The fraction of sp³-hybridized carbons (Fsp3) is 0.625. The number of ether oxygens (including phenoxy) is 2. The molecule has 4 amide bonds. The van der Waals surface area contributed by atoms with Crippen LogP contribution in [-0.2, 0) is 28.7 Å². The Morgan fingerprint density at radius 1 is 1.07 bits per heavy atom. The molecule has 11 heteroatoms. The SMILES string of the molecule is NC(=O)CNC(=O)CCOCCOCCNC(=O)CCN1C(=O)C=CC1O. The summed E-state index contributed by atoms with van der Waals surface area (Å²) < 4.78 is 10.5. The molecule has 0 fully saturated rings. The van der Waals surface area contributed by atoms with Gasteiger partial charge in [0.25, 0.3) is 0 Å². The van der Waals surface area contributed by atoms with Crippen molar-refractivity contribution in [1.29, 1.82) is 0 Å². The number of amides is 4. The third kappa shape index (κ3) is 10.3. The van der Waals surface area contributed by atoms with Crippen LogP contribution < -0.4 is 16.4 Å². The lowest BCUT2D eigenvalue weighted by molar-refractivity contribution is -0.132. The molecule has 152 valence electrons. The average Bonchev–Trinajstić information content (AvgIpc) is 2.94. The van der Waals surface area contributed by atoms with Crippen molar-refractivity contribution in [1.82, 2.24) is 15.5 Å². The standard InChI is InChI=1S/C16H26N4O7/c17-12(21)11-19-14(23)4-7-26-9-10-27-8-5-18-13(22)3-6-20-15(24)1-2-16(20)25/h1-2,15,24H,3-11H2,(H2,17,21)(H,18,22)(H,19,23). The number of aliphatic hydroxyl groups is 1. The van der Waals surface area contributed by atoms with Crippen LogP contribution in [0.2, 0.25) is 0 Å². The Morgan fingerprint density at radius 3 is 2.37 bits per heavy atom. The van der Waals surface area contributed by atoms with Crippen molar-refractivity contribution in [2.45, 2.75) is 19.1 Å². The van der Waals surface area contributed by atoms with Crippen molar-refractivity contribution in [2.75, 3.05) is 46.1 Å². The van der Waals surface area contributed by atoms with Crippen LogP contribution >= 0.6 is 0 Å². The van der Waals surface area contributed by atoms with Crippen LogP contribution in [-0.4, -0.2) is 85.9 Å². The fourth-order valence-electron chi connectivity index (χ4n) is 2.07. The number of nitrogens with two attached hydrogens (primary N) is 1. The molecular weight excluding hydrogens is 360 g/mol. The van der Waals surface area contributed by atoms with Crippen LogP contribution in [0.1, 0.15) is 12.8 Å². The van der Waals surface area contributed by atoms with Gasteiger partial charge in [-0.3, -0.25) is 19.2 Å². The highest BCUT2D eigenvalue weighted by Gasteiger charge is 2.23. The maximum Gasteiger partial charge on any atom is 0.248 e. The van der Waals surface area contributed by atoms with Gasteiger partial charge in [0, 0.05) is 32.0 Å². The van der Waals surface area contributed by atoms with E-state index in [1.54, 1.807) is 0 Å². The van der Waals surface area contributed by atoms with Crippen LogP contribution in [0.5, 0.6) is 0 Å². The summed E-state index contributed by atoms with van der Waals surface area (Å²) in [6.07, 6.45) is 1.87. The molecule has 27 heavy (non-hydrogen) atoms. The molecule has 0 bridgehead atoms. The van der Waals surface area contributed by atoms with E-state index in [9.17, 15) is 24.3 Å². The third-order valence-electron chi connectivity index (χ3n) is 3.47. The first-order valence-electron chi connectivity index (χ1n) is 8.54. The minimum Gasteiger partial charge on any atom is -0.379 e. The first-order valence-corrected chi connectivity index (χ1v) is 8.54. The lowest BCUT2D eigenvalue weighted by Crippen LogP contribution is -2.37. The molecule has 0 saturated heterocycles. The number of rotatable bonds is 14. The summed E-state index contributed by atoms with van der Waals surface area (Å²) in [6.45, 7) is 1.34. The van der Waals surface area contributed by atoms with E-state index < -0.39 is 12.1 Å². The van der Waals surface area contributed by atoms with Crippen LogP contribution in [0.15, 0.2) is 12.2 Å². The number of primary amides is 1. The number of hydrogen-bond acceptors (Lipinski definition) is 7. The van der Waals surface area contributed by atoms with E-state index in [1.807, 2.05) is 0 Å². The van der Waals surface area contributed by atoms with Crippen molar-refractivity contribution < 1.29 is 33.8 Å². The topological polar surface area (TPSA) is 160 Å². The minimum absolute atomic E-state index is 0.0887. The van der Waals surface area contributed by atoms with Crippen LogP contribution in [0.3, 0.4) is 0 Å². The summed E-state index contributed by atoms with van der Waals surface area (Å²) in [4.78, 5) is 45.9. The van der Waals surface area contributed by atoms with Crippen molar-refractivity contribution in [3.8, 4) is 0 Å². The van der Waals surface area contributed by atoms with Crippen molar-refractivity contribution in [3.05, 3.63) is 12.2 Å². The van der Waals surface area contributed by atoms with E-state index in [0.717, 1.165) is 0 Å². The van der Waals surface area contributed by atoms with Gasteiger partial charge in [-0.2, -0.15) is 0 Å². The predicted molar refractivity (Wildman–Crippen MR) is 92.9 cm³/mol. The molecule has 1 unspecified atom stereocenters. The Bertz CT molecular complexity index is 553. The lowest BCUT2D eigenvalue weighted by Gasteiger charge is -2.19. The third-order valence-corrected chi connectivity index (χ3v) is 3.47. The molecule has 1 rings (SSSR count). The summed E-state index contributed by atoms with van der Waals surface area (Å²) in [5, 5.41) is 14.5. The molecule has 0 saturated carbocycles. The molecule has 0 aromatic carbocycles. The Balaban J connectivity index is 1.89. The molecule has 1 aliphatic rings. The zero-order valence-corrected chi connectivity index (χ0v) is 15.0. The molecule has 11 nitrogen and oxygen atoms in total. The monoisotopic (exact) mass is 386 g/mol. The van der Waals surface area contributed by atoms with E-state index >= 15 is 0 Å². The zero-order chi connectivity index (χ0) is 20.1. The molecular formula is C16H26N4O7. The summed E-state index contributed by atoms with van der Waals surface area (Å²) >= 11 is 0. The summed E-state index contributed by atoms with van der Waals surface area (Å²) in [7, 11) is 0. The highest BCUT2D eigenvalue weighted by molar-refractivity contribution is 5.90. The second-order valence-corrected chi connectivity index (χ2v) is 5.62. The zero-order valence-electron chi connectivity index (χ0n) is 15.0. The number of nitrogens with zero attached hydrogens (tertiary/aromatic N) is 1. The molecule has 0 aromatic rings. The summed E-state index contributed by atoms with van der Waals surface area (Å²) in [6, 6.07) is 0. The Kier molecular flexibility index (Phi) is 10.7. The molecule has 0 aliphatic carbocycles. The van der Waals surface area contributed by atoms with Gasteiger partial charge in [-0.05, 0) is 6.08 Å². The highest BCUT2D eigenvalue weighted by Crippen LogP contribution is 2.08. The average molecular weight is 386 g/mol. The van der Waals surface area contributed by atoms with Gasteiger partial charge in [0.05, 0.1) is 33.0 Å². The maximum absolute atomic E-state index is 11.6. The summed E-state index contributed by atoms with van der Waals surface area (Å²) in [5.74, 6) is -1.49. The number of hydrogen-bond donors (Lipinski definition) is 4. The second-order valence-electron chi connectivity index (χ2n) is 5.62. The Hall–Kier alpha value is -2.50. The van der Waals surface area contributed by atoms with Gasteiger partial charge < -0.3 is 35.8 Å². The van der Waals surface area contributed by atoms with Gasteiger partial charge in [0.1, 0.15) is 6.23 Å². The lowest BCUT2D eigenvalue weighted by atomic mass is 10.3. The number of carbonyl (C=O) groups is 4. The summed E-state index contributed by atoms with van der Waals surface area (Å²) in [5.41, 5.74) is 4.89. The van der Waals surface area contributed by atoms with Crippen LogP contribution in [0, 0.1) is 0 Å². The van der Waals surface area contributed by atoms with E-state index in [-0.39, 0.29) is 50.3 Å². The van der Waals surface area contributed by atoms with Gasteiger partial charge in [0.2, 0.25) is 23.6 Å². The van der Waals surface area contributed by atoms with Gasteiger partial charge in [-0.1, -0.05) is 0 Å². The quantitative estimate of drug-likeness (QED) is 0.235. The minimum atomic E-state index is -0.970. The first-order chi connectivity index (χ1) is 12.9. The second kappa shape index (κ2) is 12.8. The molecule has 1 heterocycles. The van der Waals surface area contributed by atoms with E-state index in [2.05, 4.69) is 10.6 Å².